The van der Waals surface area contributed by atoms with Crippen LogP contribution in [0.1, 0.15) is 23.2 Å². The van der Waals surface area contributed by atoms with Crippen LogP contribution in [0.5, 0.6) is 0 Å². The molecule has 1 aliphatic heterocycles. The number of carbonyl (C=O) groups excluding carboxylic acids is 2. The molecule has 1 unspecified atom stereocenters. The summed E-state index contributed by atoms with van der Waals surface area (Å²) in [5, 5.41) is 4.76. The molecule has 2 aromatic carbocycles. The van der Waals surface area contributed by atoms with E-state index in [1.807, 2.05) is 11.9 Å². The lowest BCUT2D eigenvalue weighted by atomic mass is 10.1. The third-order valence-electron chi connectivity index (χ3n) is 5.27. The summed E-state index contributed by atoms with van der Waals surface area (Å²) in [5.41, 5.74) is 0.735. The number of piperidine rings is 1. The van der Waals surface area contributed by atoms with Gasteiger partial charge in [0.25, 0.3) is 5.91 Å². The highest BCUT2D eigenvalue weighted by atomic mass is 35.5. The average molecular weight is 493 g/mol. The van der Waals surface area contributed by atoms with Crippen LogP contribution in [0.15, 0.2) is 47.4 Å². The molecular weight excluding hydrogens is 472 g/mol. The molecule has 1 aliphatic rings. The van der Waals surface area contributed by atoms with Gasteiger partial charge in [0.2, 0.25) is 0 Å². The summed E-state index contributed by atoms with van der Waals surface area (Å²) >= 11 is 7.11. The minimum atomic E-state index is -3.47. The van der Waals surface area contributed by atoms with Gasteiger partial charge in [-0.3, -0.25) is 15.4 Å². The monoisotopic (exact) mass is 492 g/mol. The molecule has 0 spiro atoms. The number of amides is 3. The maximum atomic E-state index is 13.1. The van der Waals surface area contributed by atoms with E-state index in [2.05, 4.69) is 15.6 Å². The molecule has 2 N–H and O–H groups in total. The number of likely N-dealkylation sites (tertiary alicyclic amines) is 1. The van der Waals surface area contributed by atoms with Gasteiger partial charge in [-0.1, -0.05) is 35.1 Å². The summed E-state index contributed by atoms with van der Waals surface area (Å²) < 4.78 is 26.8. The SMILES string of the molecule is CN1CCCC(S(=O)(=O)c2ccc3nc(NC(=O)NC(=O)c4ccccc4Cl)sc3c2)C1. The molecule has 0 saturated carbocycles. The number of nitrogens with zero attached hydrogens (tertiary/aromatic N) is 2. The zero-order valence-electron chi connectivity index (χ0n) is 17.2. The second kappa shape index (κ2) is 9.14. The van der Waals surface area contributed by atoms with Crippen LogP contribution in [-0.4, -0.2) is 55.6 Å². The molecule has 0 aliphatic carbocycles. The van der Waals surface area contributed by atoms with Gasteiger partial charge in [0.1, 0.15) is 0 Å². The molecule has 0 radical (unpaired) electrons. The lowest BCUT2D eigenvalue weighted by molar-refractivity contribution is 0.0967. The van der Waals surface area contributed by atoms with Gasteiger partial charge in [0.05, 0.1) is 30.9 Å². The summed E-state index contributed by atoms with van der Waals surface area (Å²) in [4.78, 5) is 31.0. The van der Waals surface area contributed by atoms with Gasteiger partial charge in [-0.05, 0) is 56.8 Å². The summed E-state index contributed by atoms with van der Waals surface area (Å²) in [6.45, 7) is 1.41. The smallest absolute Gasteiger partial charge is 0.305 e. The third kappa shape index (κ3) is 4.78. The predicted octanol–water partition coefficient (Wildman–Crippen LogP) is 3.78. The summed E-state index contributed by atoms with van der Waals surface area (Å²) in [5.74, 6) is -0.639. The van der Waals surface area contributed by atoms with Crippen molar-refractivity contribution in [3.8, 4) is 0 Å². The number of aromatic nitrogens is 1. The van der Waals surface area contributed by atoms with Crippen LogP contribution in [0.3, 0.4) is 0 Å². The molecule has 32 heavy (non-hydrogen) atoms. The predicted molar refractivity (Wildman–Crippen MR) is 125 cm³/mol. The van der Waals surface area contributed by atoms with Crippen molar-refractivity contribution in [2.75, 3.05) is 25.5 Å². The molecule has 1 aromatic heterocycles. The number of hydrogen-bond acceptors (Lipinski definition) is 7. The number of anilines is 1. The number of imide groups is 1. The molecule has 0 bridgehead atoms. The fraction of sp³-hybridized carbons (Fsp3) is 0.286. The van der Waals surface area contributed by atoms with E-state index in [0.717, 1.165) is 24.3 Å². The molecule has 3 aromatic rings. The topological polar surface area (TPSA) is 108 Å². The first kappa shape index (κ1) is 22.7. The minimum absolute atomic E-state index is 0.178. The van der Waals surface area contributed by atoms with Crippen molar-refractivity contribution in [2.45, 2.75) is 23.0 Å². The standard InChI is InChI=1S/C21H21ClN4O4S2/c1-26-10-4-5-14(12-26)32(29,30)13-8-9-17-18(11-13)31-21(23-17)25-20(28)24-19(27)15-6-2-3-7-16(15)22/h2-3,6-9,11,14H,4-5,10,12H2,1H3,(H2,23,24,25,27,28). The highest BCUT2D eigenvalue weighted by Gasteiger charge is 2.31. The Labute approximate surface area is 194 Å². The van der Waals surface area contributed by atoms with Crippen molar-refractivity contribution in [3.05, 3.63) is 53.1 Å². The Kier molecular flexibility index (Phi) is 6.47. The highest BCUT2D eigenvalue weighted by Crippen LogP contribution is 2.31. The van der Waals surface area contributed by atoms with Gasteiger partial charge >= 0.3 is 6.03 Å². The van der Waals surface area contributed by atoms with Crippen LogP contribution in [0, 0.1) is 0 Å². The lowest BCUT2D eigenvalue weighted by Gasteiger charge is -2.29. The normalized spacial score (nSPS) is 17.2. The molecular formula is C21H21ClN4O4S2. The van der Waals surface area contributed by atoms with Gasteiger partial charge < -0.3 is 4.90 Å². The number of urea groups is 1. The zero-order valence-corrected chi connectivity index (χ0v) is 19.6. The number of benzene rings is 2. The van der Waals surface area contributed by atoms with E-state index in [4.69, 9.17) is 11.6 Å². The molecule has 4 rings (SSSR count). The Balaban J connectivity index is 1.49. The fourth-order valence-electron chi connectivity index (χ4n) is 3.64. The second-order valence-corrected chi connectivity index (χ2v) is 11.3. The van der Waals surface area contributed by atoms with E-state index in [-0.39, 0.29) is 20.6 Å². The Morgan fingerprint density at radius 3 is 2.75 bits per heavy atom. The van der Waals surface area contributed by atoms with Crippen molar-refractivity contribution in [2.24, 2.45) is 0 Å². The number of carbonyl (C=O) groups is 2. The summed E-state index contributed by atoms with van der Waals surface area (Å²) in [7, 11) is -1.55. The first-order valence-corrected chi connectivity index (χ1v) is 12.7. The Morgan fingerprint density at radius 1 is 1.22 bits per heavy atom. The van der Waals surface area contributed by atoms with Crippen LogP contribution in [0.2, 0.25) is 5.02 Å². The number of nitrogens with one attached hydrogen (secondary N) is 2. The number of halogens is 1. The molecule has 2 heterocycles. The van der Waals surface area contributed by atoms with Crippen LogP contribution in [-0.2, 0) is 9.84 Å². The largest absolute Gasteiger partial charge is 0.327 e. The second-order valence-electron chi connectivity index (χ2n) is 7.61. The number of sulfone groups is 1. The average Bonchev–Trinajstić information content (AvgIpc) is 3.15. The lowest BCUT2D eigenvalue weighted by Crippen LogP contribution is -2.40. The Hall–Kier alpha value is -2.53. The minimum Gasteiger partial charge on any atom is -0.305 e. The molecule has 11 heteroatoms. The Morgan fingerprint density at radius 2 is 2.00 bits per heavy atom. The first-order valence-electron chi connectivity index (χ1n) is 9.94. The van der Waals surface area contributed by atoms with Gasteiger partial charge in [0.15, 0.2) is 15.0 Å². The van der Waals surface area contributed by atoms with E-state index in [1.54, 1.807) is 36.4 Å². The highest BCUT2D eigenvalue weighted by molar-refractivity contribution is 7.92. The van der Waals surface area contributed by atoms with Crippen molar-refractivity contribution >= 4 is 60.1 Å². The fourth-order valence-corrected chi connectivity index (χ4v) is 6.69. The van der Waals surface area contributed by atoms with Crippen LogP contribution >= 0.6 is 22.9 Å². The molecule has 168 valence electrons. The Bertz CT molecular complexity index is 1290. The van der Waals surface area contributed by atoms with E-state index >= 15 is 0 Å². The van der Waals surface area contributed by atoms with Crippen LogP contribution in [0.25, 0.3) is 10.2 Å². The molecule has 8 nitrogen and oxygen atoms in total. The summed E-state index contributed by atoms with van der Waals surface area (Å²) in [6, 6.07) is 10.4. The number of rotatable bonds is 4. The van der Waals surface area contributed by atoms with Gasteiger partial charge in [0, 0.05) is 6.54 Å². The maximum absolute atomic E-state index is 13.1. The number of fused-ring (bicyclic) bond motifs is 1. The van der Waals surface area contributed by atoms with Crippen molar-refractivity contribution in [3.63, 3.8) is 0 Å². The third-order valence-corrected chi connectivity index (χ3v) is 8.71. The summed E-state index contributed by atoms with van der Waals surface area (Å²) in [6.07, 6.45) is 1.49. The van der Waals surface area contributed by atoms with E-state index in [0.29, 0.717) is 23.2 Å². The zero-order chi connectivity index (χ0) is 22.9. The van der Waals surface area contributed by atoms with Crippen molar-refractivity contribution in [1.82, 2.24) is 15.2 Å². The number of hydrogen-bond donors (Lipinski definition) is 2. The van der Waals surface area contributed by atoms with Crippen LogP contribution < -0.4 is 10.6 Å². The maximum Gasteiger partial charge on any atom is 0.327 e. The van der Waals surface area contributed by atoms with Gasteiger partial charge in [-0.2, -0.15) is 0 Å². The molecule has 1 saturated heterocycles. The van der Waals surface area contributed by atoms with Gasteiger partial charge in [-0.15, -0.1) is 0 Å². The molecule has 1 atom stereocenters. The van der Waals surface area contributed by atoms with E-state index in [1.165, 1.54) is 6.07 Å². The quantitative estimate of drug-likeness (QED) is 0.573. The molecule has 1 fully saturated rings. The van der Waals surface area contributed by atoms with Crippen molar-refractivity contribution in [1.29, 1.82) is 0 Å². The van der Waals surface area contributed by atoms with Crippen LogP contribution in [0.4, 0.5) is 9.93 Å². The first-order chi connectivity index (χ1) is 15.2. The van der Waals surface area contributed by atoms with E-state index < -0.39 is 27.0 Å². The van der Waals surface area contributed by atoms with Gasteiger partial charge in [-0.25, -0.2) is 18.2 Å². The van der Waals surface area contributed by atoms with Crippen molar-refractivity contribution < 1.29 is 18.0 Å². The van der Waals surface area contributed by atoms with E-state index in [9.17, 15) is 18.0 Å². The number of thiazole rings is 1. The molecule has 3 amide bonds.